The van der Waals surface area contributed by atoms with E-state index in [1.807, 2.05) is 78.9 Å². The molecular weight excluding hydrogens is 840 g/mol. The molecule has 0 saturated carbocycles. The van der Waals surface area contributed by atoms with Crippen LogP contribution in [0.1, 0.15) is 50.7 Å². The van der Waals surface area contributed by atoms with Crippen LogP contribution in [-0.2, 0) is 24.3 Å². The Morgan fingerprint density at radius 2 is 1.17 bits per heavy atom. The number of aliphatic imine (C=N–C) groups is 3. The molecule has 5 aromatic carbocycles. The predicted octanol–water partition coefficient (Wildman–Crippen LogP) is 11.5. The van der Waals surface area contributed by atoms with Crippen LogP contribution in [0.4, 0.5) is 0 Å². The van der Waals surface area contributed by atoms with Crippen molar-refractivity contribution in [2.45, 2.75) is 5.92 Å². The number of carboxylic acid groups (broad SMARTS) is 1. The van der Waals surface area contributed by atoms with Crippen LogP contribution < -0.4 is 4.98 Å². The van der Waals surface area contributed by atoms with Gasteiger partial charge in [-0.2, -0.15) is 5.26 Å². The summed E-state index contributed by atoms with van der Waals surface area (Å²) in [4.78, 5) is 33.3. The SMILES string of the molecule is N#C/C(=C\c1ccc(/C=C/C2=CC3=NC/2=C(/c2ccccc2)C2=NC(=C(c4ccccc4)c4ccc([n-]4)C(c4ccccc4)C4=N/C(=C\3c3ccccc3)C=C4)C=C2)cc1)C(=O)O.[Zn]. The Hall–Kier alpha value is -8.11. The number of allylic oxidation sites excluding steroid dienone is 8. The van der Waals surface area contributed by atoms with E-state index in [-0.39, 0.29) is 31.0 Å². The number of nitriles is 1. The third-order valence-corrected chi connectivity index (χ3v) is 11.2. The van der Waals surface area contributed by atoms with Crippen LogP contribution in [0, 0.1) is 11.3 Å². The Morgan fingerprint density at radius 3 is 1.81 bits per heavy atom. The van der Waals surface area contributed by atoms with Crippen LogP contribution in [0.15, 0.2) is 237 Å². The number of hydrogen-bond donors (Lipinski definition) is 1. The third-order valence-electron chi connectivity index (χ3n) is 11.2. The fraction of sp³-hybridized carbons (Fsp3) is 0.0179. The van der Waals surface area contributed by atoms with Gasteiger partial charge in [0.25, 0.3) is 0 Å². The van der Waals surface area contributed by atoms with Gasteiger partial charge in [0.15, 0.2) is 0 Å². The van der Waals surface area contributed by atoms with Gasteiger partial charge in [0.1, 0.15) is 11.6 Å². The number of aliphatic carboxylic acids is 1. The molecule has 10 rings (SSSR count). The van der Waals surface area contributed by atoms with Crippen molar-refractivity contribution in [2.75, 3.05) is 0 Å². The van der Waals surface area contributed by atoms with Crippen molar-refractivity contribution in [1.82, 2.24) is 4.98 Å². The molecular formula is C56H36N5O2Zn-. The minimum Gasteiger partial charge on any atom is -0.660 e. The second-order valence-corrected chi connectivity index (χ2v) is 15.2. The molecule has 0 aliphatic carbocycles. The Labute approximate surface area is 383 Å². The minimum atomic E-state index is -1.26. The van der Waals surface area contributed by atoms with Gasteiger partial charge in [-0.3, -0.25) is 4.99 Å². The first-order chi connectivity index (χ1) is 31.0. The van der Waals surface area contributed by atoms with Gasteiger partial charge < -0.3 is 10.1 Å². The summed E-state index contributed by atoms with van der Waals surface area (Å²) in [5.74, 6) is -1.50. The maximum absolute atomic E-state index is 11.5. The number of carboxylic acids is 1. The molecule has 1 N–H and O–H groups in total. The molecule has 4 aliphatic heterocycles. The monoisotopic (exact) mass is 874 g/mol. The van der Waals surface area contributed by atoms with E-state index >= 15 is 0 Å². The number of hydrogen-bond acceptors (Lipinski definition) is 5. The maximum Gasteiger partial charge on any atom is 0.346 e. The number of rotatable bonds is 8. The summed E-state index contributed by atoms with van der Waals surface area (Å²) < 4.78 is 0. The molecule has 5 heterocycles. The van der Waals surface area contributed by atoms with Gasteiger partial charge in [0, 0.05) is 42.1 Å². The molecule has 8 bridgehead atoms. The standard InChI is InChI=1S/C56H37N5O2.Zn/c57-35-43(56(62)63)33-37-23-21-36(22-24-37)25-26-42-34-50-53(40-17-9-3-10-18-40)48-30-29-46(59-48)51(38-13-5-1-6-14-38)44-27-28-45(58-44)52(39-15-7-2-8-16-39)47-31-32-49(60-47)54(55(42)61-50)41-19-11-4-12-20-41;/h1-34,51H,(H2,58,59,60,61,62,63);/p-1/b26-25+,43-33+;. The van der Waals surface area contributed by atoms with E-state index in [1.54, 1.807) is 18.2 Å². The number of fused-ring (bicyclic) bond motifs is 5. The Morgan fingerprint density at radius 1 is 0.594 bits per heavy atom. The largest absolute Gasteiger partial charge is 0.660 e. The third kappa shape index (κ3) is 8.16. The van der Waals surface area contributed by atoms with Crippen LogP contribution in [0.2, 0.25) is 0 Å². The zero-order chi connectivity index (χ0) is 42.7. The predicted molar refractivity (Wildman–Crippen MR) is 253 cm³/mol. The van der Waals surface area contributed by atoms with Crippen molar-refractivity contribution in [1.29, 1.82) is 5.26 Å². The molecule has 0 amide bonds. The molecule has 6 aromatic rings. The molecule has 7 nitrogen and oxygen atoms in total. The van der Waals surface area contributed by atoms with E-state index in [9.17, 15) is 15.2 Å². The number of aromatic nitrogens is 1. The second-order valence-electron chi connectivity index (χ2n) is 15.2. The first-order valence-electron chi connectivity index (χ1n) is 20.6. The molecule has 300 valence electrons. The first kappa shape index (κ1) is 41.3. The van der Waals surface area contributed by atoms with Crippen molar-refractivity contribution in [3.63, 3.8) is 0 Å². The van der Waals surface area contributed by atoms with Crippen LogP contribution in [0.25, 0.3) is 28.9 Å². The molecule has 1 aromatic heterocycles. The molecule has 1 atom stereocenters. The van der Waals surface area contributed by atoms with Gasteiger partial charge in [-0.1, -0.05) is 170 Å². The van der Waals surface area contributed by atoms with Crippen molar-refractivity contribution in [3.8, 4) is 6.07 Å². The summed E-state index contributed by atoms with van der Waals surface area (Å²) in [7, 11) is 0. The maximum atomic E-state index is 11.5. The zero-order valence-electron chi connectivity index (χ0n) is 34.5. The molecule has 64 heavy (non-hydrogen) atoms. The van der Waals surface area contributed by atoms with Crippen molar-refractivity contribution < 1.29 is 29.4 Å². The fourth-order valence-corrected chi connectivity index (χ4v) is 8.30. The summed E-state index contributed by atoms with van der Waals surface area (Å²) in [5.41, 5.74) is 15.2. The van der Waals surface area contributed by atoms with Crippen molar-refractivity contribution in [3.05, 3.63) is 267 Å². The average Bonchev–Trinajstić information content (AvgIpc) is 4.17. The smallest absolute Gasteiger partial charge is 0.346 e. The normalized spacial score (nSPS) is 18.9. The van der Waals surface area contributed by atoms with E-state index in [0.29, 0.717) is 5.56 Å². The van der Waals surface area contributed by atoms with E-state index < -0.39 is 5.97 Å². The van der Waals surface area contributed by atoms with Crippen LogP contribution >= 0.6 is 0 Å². The Bertz CT molecular complexity index is 3210. The second kappa shape index (κ2) is 18.1. The zero-order valence-corrected chi connectivity index (χ0v) is 37.5. The first-order valence-corrected chi connectivity index (χ1v) is 20.6. The number of benzene rings is 5. The molecule has 8 heteroatoms. The van der Waals surface area contributed by atoms with Gasteiger partial charge in [0.05, 0.1) is 34.2 Å². The fourth-order valence-electron chi connectivity index (χ4n) is 8.30. The summed E-state index contributed by atoms with van der Waals surface area (Å²) in [6, 6.07) is 54.6. The van der Waals surface area contributed by atoms with Gasteiger partial charge in [-0.25, -0.2) is 14.8 Å². The van der Waals surface area contributed by atoms with Gasteiger partial charge in [-0.15, -0.1) is 11.4 Å². The summed E-state index contributed by atoms with van der Waals surface area (Å²) in [6.07, 6.45) is 15.9. The van der Waals surface area contributed by atoms with E-state index in [4.69, 9.17) is 20.0 Å². The summed E-state index contributed by atoms with van der Waals surface area (Å²) >= 11 is 0. The molecule has 4 aliphatic rings. The van der Waals surface area contributed by atoms with E-state index in [0.717, 1.165) is 95.7 Å². The summed E-state index contributed by atoms with van der Waals surface area (Å²) in [5, 5.41) is 18.7. The summed E-state index contributed by atoms with van der Waals surface area (Å²) in [6.45, 7) is 0. The van der Waals surface area contributed by atoms with Gasteiger partial charge in [0.2, 0.25) is 0 Å². The number of carbonyl (C=O) groups is 1. The molecule has 0 fully saturated rings. The van der Waals surface area contributed by atoms with Gasteiger partial charge in [-0.05, 0) is 75.4 Å². The number of nitrogens with zero attached hydrogens (tertiary/aromatic N) is 5. The molecule has 0 spiro atoms. The Balaban J connectivity index is 0.00000518. The van der Waals surface area contributed by atoms with Crippen LogP contribution in [-0.4, -0.2) is 28.2 Å². The molecule has 1 unspecified atom stereocenters. The van der Waals surface area contributed by atoms with Crippen molar-refractivity contribution in [2.24, 2.45) is 15.0 Å². The van der Waals surface area contributed by atoms with Gasteiger partial charge >= 0.3 is 5.97 Å². The van der Waals surface area contributed by atoms with Crippen molar-refractivity contribution >= 4 is 52.0 Å². The van der Waals surface area contributed by atoms with Crippen LogP contribution in [0.3, 0.4) is 0 Å². The quantitative estimate of drug-likeness (QED) is 0.0932. The average molecular weight is 876 g/mol. The van der Waals surface area contributed by atoms with E-state index in [1.165, 1.54) is 6.08 Å². The van der Waals surface area contributed by atoms with Crippen LogP contribution in [0.5, 0.6) is 0 Å². The topological polar surface area (TPSA) is 112 Å². The van der Waals surface area contributed by atoms with E-state index in [2.05, 4.69) is 109 Å². The molecule has 0 saturated heterocycles. The Kier molecular flexibility index (Phi) is 11.7. The molecule has 0 radical (unpaired) electrons. The minimum absolute atomic E-state index is 0.